The molecular formula is C41H74O6. The molecule has 0 fully saturated rings. The highest BCUT2D eigenvalue weighted by Crippen LogP contribution is 2.11. The molecule has 1 unspecified atom stereocenters. The average molecular weight is 663 g/mol. The van der Waals surface area contributed by atoms with Gasteiger partial charge in [-0.25, -0.2) is 0 Å². The van der Waals surface area contributed by atoms with Gasteiger partial charge in [-0.15, -0.1) is 0 Å². The highest BCUT2D eigenvalue weighted by Gasteiger charge is 2.12. The third kappa shape index (κ3) is 43.8. The van der Waals surface area contributed by atoms with Crippen LogP contribution in [0.5, 0.6) is 0 Å². The van der Waals surface area contributed by atoms with E-state index in [1.54, 1.807) is 6.92 Å². The van der Waals surface area contributed by atoms with E-state index in [2.05, 4.69) is 62.5 Å². The summed E-state index contributed by atoms with van der Waals surface area (Å²) in [6.07, 6.45) is 44.3. The van der Waals surface area contributed by atoms with Crippen LogP contribution in [0.2, 0.25) is 0 Å². The second kappa shape index (κ2) is 41.8. The Morgan fingerprint density at radius 1 is 0.511 bits per heavy atom. The van der Waals surface area contributed by atoms with Gasteiger partial charge in [0.25, 0.3) is 0 Å². The first kappa shape index (κ1) is 46.9. The molecule has 0 amide bonds. The van der Waals surface area contributed by atoms with Crippen LogP contribution in [0, 0.1) is 0 Å². The van der Waals surface area contributed by atoms with E-state index in [4.69, 9.17) is 19.7 Å². The van der Waals surface area contributed by atoms with Gasteiger partial charge in [-0.1, -0.05) is 127 Å². The van der Waals surface area contributed by atoms with E-state index >= 15 is 0 Å². The molecule has 0 radical (unpaired) electrons. The third-order valence-electron chi connectivity index (χ3n) is 7.57. The molecule has 47 heavy (non-hydrogen) atoms. The molecule has 0 bridgehead atoms. The van der Waals surface area contributed by atoms with Crippen LogP contribution < -0.4 is 0 Å². The predicted octanol–water partition coefficient (Wildman–Crippen LogP) is 11.1. The van der Waals surface area contributed by atoms with Gasteiger partial charge in [0.2, 0.25) is 0 Å². The van der Waals surface area contributed by atoms with Crippen LogP contribution in [0.25, 0.3) is 0 Å². The number of aliphatic hydroxyl groups excluding tert-OH is 2. The fourth-order valence-electron chi connectivity index (χ4n) is 4.76. The fourth-order valence-corrected chi connectivity index (χ4v) is 4.76. The van der Waals surface area contributed by atoms with Crippen LogP contribution in [0.1, 0.15) is 175 Å². The van der Waals surface area contributed by atoms with Crippen molar-refractivity contribution >= 4 is 11.9 Å². The average Bonchev–Trinajstić information content (AvgIpc) is 3.07. The van der Waals surface area contributed by atoms with Crippen LogP contribution >= 0.6 is 0 Å². The first-order chi connectivity index (χ1) is 23.0. The van der Waals surface area contributed by atoms with Crippen molar-refractivity contribution in [3.63, 3.8) is 0 Å². The maximum absolute atomic E-state index is 12.1. The number of unbranched alkanes of at least 4 members (excludes halogenated alkanes) is 16. The molecule has 0 rings (SSSR count). The number of allylic oxidation sites excluding steroid dienone is 8. The molecule has 0 aliphatic heterocycles. The van der Waals surface area contributed by atoms with E-state index in [0.717, 1.165) is 64.2 Å². The number of hydrogen-bond donors (Lipinski definition) is 2. The highest BCUT2D eigenvalue weighted by molar-refractivity contribution is 5.70. The van der Waals surface area contributed by atoms with Crippen molar-refractivity contribution in [2.24, 2.45) is 0 Å². The van der Waals surface area contributed by atoms with Gasteiger partial charge in [0.05, 0.1) is 13.2 Å². The lowest BCUT2D eigenvalue weighted by atomic mass is 10.1. The fraction of sp³-hybridized carbons (Fsp3) is 0.756. The molecule has 2 N–H and O–H groups in total. The predicted molar refractivity (Wildman–Crippen MR) is 199 cm³/mol. The molecule has 0 aromatic heterocycles. The Morgan fingerprint density at radius 2 is 0.872 bits per heavy atom. The smallest absolute Gasteiger partial charge is 0.306 e. The van der Waals surface area contributed by atoms with Gasteiger partial charge in [0, 0.05) is 12.8 Å². The molecule has 6 heteroatoms. The molecule has 6 nitrogen and oxygen atoms in total. The van der Waals surface area contributed by atoms with Crippen molar-refractivity contribution in [3.05, 3.63) is 48.6 Å². The van der Waals surface area contributed by atoms with Gasteiger partial charge in [-0.05, 0) is 84.0 Å². The van der Waals surface area contributed by atoms with Gasteiger partial charge in [0.15, 0.2) is 0 Å². The van der Waals surface area contributed by atoms with Crippen molar-refractivity contribution in [2.45, 2.75) is 181 Å². The lowest BCUT2D eigenvalue weighted by Crippen LogP contribution is -2.22. The Balaban J connectivity index is 0. The van der Waals surface area contributed by atoms with E-state index in [-0.39, 0.29) is 37.9 Å². The Bertz CT molecular complexity index is 768. The molecule has 0 heterocycles. The monoisotopic (exact) mass is 663 g/mol. The summed E-state index contributed by atoms with van der Waals surface area (Å²) in [5.41, 5.74) is 0. The molecule has 1 atom stereocenters. The number of carbonyl (C=O) groups is 2. The van der Waals surface area contributed by atoms with Gasteiger partial charge in [0.1, 0.15) is 12.7 Å². The SMILES string of the molecule is CCCCC/C=C\C/C=C\CCCCCCCC(=O)OCC(C)OC(=O)CCCCCCC/C=C\C/C=C\CCCCC.OCCO. The van der Waals surface area contributed by atoms with Crippen LogP contribution in [-0.2, 0) is 19.1 Å². The highest BCUT2D eigenvalue weighted by atomic mass is 16.6. The summed E-state index contributed by atoms with van der Waals surface area (Å²) in [4.78, 5) is 24.1. The van der Waals surface area contributed by atoms with Gasteiger partial charge in [-0.2, -0.15) is 0 Å². The zero-order chi connectivity index (χ0) is 34.9. The second-order valence-electron chi connectivity index (χ2n) is 12.4. The summed E-state index contributed by atoms with van der Waals surface area (Å²) in [6.45, 7) is 6.17. The van der Waals surface area contributed by atoms with Gasteiger partial charge >= 0.3 is 11.9 Å². The number of esters is 2. The molecule has 0 aromatic carbocycles. The van der Waals surface area contributed by atoms with Crippen molar-refractivity contribution < 1.29 is 29.3 Å². The van der Waals surface area contributed by atoms with Crippen molar-refractivity contribution in [1.82, 2.24) is 0 Å². The first-order valence-electron chi connectivity index (χ1n) is 19.2. The minimum atomic E-state index is -0.390. The number of hydrogen-bond acceptors (Lipinski definition) is 6. The Labute approximate surface area is 290 Å². The summed E-state index contributed by atoms with van der Waals surface area (Å²) >= 11 is 0. The van der Waals surface area contributed by atoms with Crippen molar-refractivity contribution in [1.29, 1.82) is 0 Å². The molecule has 0 spiro atoms. The van der Waals surface area contributed by atoms with Crippen molar-refractivity contribution in [2.75, 3.05) is 19.8 Å². The zero-order valence-corrected chi connectivity index (χ0v) is 30.8. The summed E-state index contributed by atoms with van der Waals surface area (Å²) in [7, 11) is 0. The largest absolute Gasteiger partial charge is 0.462 e. The lowest BCUT2D eigenvalue weighted by Gasteiger charge is -2.13. The number of aliphatic hydroxyl groups is 2. The summed E-state index contributed by atoms with van der Waals surface area (Å²) in [5, 5.41) is 15.2. The molecule has 0 aliphatic carbocycles. The molecule has 274 valence electrons. The Kier molecular flexibility index (Phi) is 41.8. The van der Waals surface area contributed by atoms with Crippen LogP contribution in [0.4, 0.5) is 0 Å². The van der Waals surface area contributed by atoms with E-state index in [0.29, 0.717) is 12.8 Å². The normalized spacial score (nSPS) is 12.3. The van der Waals surface area contributed by atoms with Crippen LogP contribution in [-0.4, -0.2) is 48.1 Å². The first-order valence-corrected chi connectivity index (χ1v) is 19.2. The second-order valence-corrected chi connectivity index (χ2v) is 12.4. The molecule has 0 aliphatic rings. The minimum Gasteiger partial charge on any atom is -0.462 e. The molecule has 0 aromatic rings. The quantitative estimate of drug-likeness (QED) is 0.0423. The van der Waals surface area contributed by atoms with Crippen LogP contribution in [0.3, 0.4) is 0 Å². The number of carbonyl (C=O) groups excluding carboxylic acids is 2. The van der Waals surface area contributed by atoms with Gasteiger partial charge in [-0.3, -0.25) is 9.59 Å². The Morgan fingerprint density at radius 3 is 1.28 bits per heavy atom. The zero-order valence-electron chi connectivity index (χ0n) is 30.8. The number of ether oxygens (including phenoxy) is 2. The topological polar surface area (TPSA) is 93.1 Å². The minimum absolute atomic E-state index is 0.125. The van der Waals surface area contributed by atoms with Crippen LogP contribution in [0.15, 0.2) is 48.6 Å². The van der Waals surface area contributed by atoms with E-state index in [9.17, 15) is 9.59 Å². The number of rotatable bonds is 32. The maximum Gasteiger partial charge on any atom is 0.306 e. The van der Waals surface area contributed by atoms with E-state index in [1.165, 1.54) is 77.0 Å². The lowest BCUT2D eigenvalue weighted by molar-refractivity contribution is -0.158. The van der Waals surface area contributed by atoms with E-state index in [1.807, 2.05) is 0 Å². The standard InChI is InChI=1S/C39H68O4.C2H6O2/c1-4-6-8-10-12-14-16-18-20-22-24-26-28-30-32-34-38(40)42-36-37(3)43-39(41)35-33-31-29-27-25-23-21-19-17-15-13-11-9-7-5-2;3-1-2-4/h12-15,18-21,37H,4-11,16-17,22-36H2,1-3H3;3-4H,1-2H2/b14-12-,15-13-,20-18-,21-19-;. The molecule has 0 saturated heterocycles. The Hall–Kier alpha value is -2.18. The molecular weight excluding hydrogens is 588 g/mol. The summed E-state index contributed by atoms with van der Waals surface area (Å²) in [5.74, 6) is -0.384. The van der Waals surface area contributed by atoms with Gasteiger partial charge < -0.3 is 19.7 Å². The van der Waals surface area contributed by atoms with Crippen molar-refractivity contribution in [3.8, 4) is 0 Å². The molecule has 0 saturated carbocycles. The summed E-state index contributed by atoms with van der Waals surface area (Å²) in [6, 6.07) is 0. The third-order valence-corrected chi connectivity index (χ3v) is 7.57. The maximum atomic E-state index is 12.1. The summed E-state index contributed by atoms with van der Waals surface area (Å²) < 4.78 is 10.7. The van der Waals surface area contributed by atoms with E-state index < -0.39 is 0 Å².